The van der Waals surface area contributed by atoms with Gasteiger partial charge in [0.2, 0.25) is 0 Å². The predicted octanol–water partition coefficient (Wildman–Crippen LogP) is 2.46. The topological polar surface area (TPSA) is 73.0 Å². The normalized spacial score (nSPS) is 11.5. The number of nitrogen functional groups attached to an aromatic ring is 1. The highest BCUT2D eigenvalue weighted by Gasteiger charge is 2.10. The Morgan fingerprint density at radius 1 is 1.11 bits per heavy atom. The first-order valence-electron chi connectivity index (χ1n) is 5.53. The van der Waals surface area contributed by atoms with E-state index in [0.717, 1.165) is 16.2 Å². The van der Waals surface area contributed by atoms with E-state index >= 15 is 0 Å². The second kappa shape index (κ2) is 5.22. The monoisotopic (exact) mass is 294 g/mol. The lowest BCUT2D eigenvalue weighted by Crippen LogP contribution is -1.97. The molecule has 100 valence electrons. The van der Waals surface area contributed by atoms with Crippen molar-refractivity contribution in [3.63, 3.8) is 0 Å². The van der Waals surface area contributed by atoms with Gasteiger partial charge >= 0.3 is 0 Å². The molecule has 2 aromatic rings. The fourth-order valence-corrected chi connectivity index (χ4v) is 2.88. The lowest BCUT2D eigenvalue weighted by atomic mass is 10.1. The quantitative estimate of drug-likeness (QED) is 0.880. The van der Waals surface area contributed by atoms with Crippen molar-refractivity contribution < 1.29 is 8.42 Å². The predicted molar refractivity (Wildman–Crippen MR) is 79.0 cm³/mol. The van der Waals surface area contributed by atoms with Crippen LogP contribution in [0.25, 0.3) is 11.3 Å². The smallest absolute Gasteiger partial charge is 0.175 e. The molecule has 1 aromatic carbocycles. The van der Waals surface area contributed by atoms with Crippen molar-refractivity contribution >= 4 is 27.4 Å². The van der Waals surface area contributed by atoms with Gasteiger partial charge < -0.3 is 5.73 Å². The van der Waals surface area contributed by atoms with Crippen LogP contribution in [-0.2, 0) is 9.84 Å². The van der Waals surface area contributed by atoms with Crippen molar-refractivity contribution in [2.24, 2.45) is 0 Å². The van der Waals surface area contributed by atoms with Crippen LogP contribution in [0.1, 0.15) is 0 Å². The number of nitrogens with zero attached hydrogens (tertiary/aromatic N) is 1. The van der Waals surface area contributed by atoms with Crippen LogP contribution in [0, 0.1) is 0 Å². The maximum Gasteiger partial charge on any atom is 0.175 e. The molecule has 4 nitrogen and oxygen atoms in total. The lowest BCUT2D eigenvalue weighted by Gasteiger charge is -2.08. The molecule has 0 unspecified atom stereocenters. The van der Waals surface area contributed by atoms with Crippen LogP contribution in [0.5, 0.6) is 0 Å². The molecule has 19 heavy (non-hydrogen) atoms. The number of pyridine rings is 1. The van der Waals surface area contributed by atoms with Crippen molar-refractivity contribution in [2.45, 2.75) is 9.79 Å². The molecule has 0 bridgehead atoms. The van der Waals surface area contributed by atoms with Gasteiger partial charge in [-0.05, 0) is 30.5 Å². The second-order valence-corrected chi connectivity index (χ2v) is 6.95. The van der Waals surface area contributed by atoms with Gasteiger partial charge in [0.25, 0.3) is 0 Å². The number of thioether (sulfide) groups is 1. The number of anilines is 1. The summed E-state index contributed by atoms with van der Waals surface area (Å²) in [4.78, 5) is 5.61. The van der Waals surface area contributed by atoms with E-state index in [1.807, 2.05) is 12.3 Å². The summed E-state index contributed by atoms with van der Waals surface area (Å²) >= 11 is 1.57. The molecule has 0 saturated carbocycles. The van der Waals surface area contributed by atoms with E-state index < -0.39 is 9.84 Å². The third kappa shape index (κ3) is 3.08. The molecule has 0 aliphatic carbocycles. The number of sulfone groups is 1. The average Bonchev–Trinajstić information content (AvgIpc) is 2.38. The van der Waals surface area contributed by atoms with Gasteiger partial charge in [-0.2, -0.15) is 0 Å². The van der Waals surface area contributed by atoms with Gasteiger partial charge in [-0.25, -0.2) is 13.4 Å². The standard InChI is InChI=1S/C13H14N2O2S2/c1-18-11-7-8-12(14)15-13(11)9-3-5-10(6-4-9)19(2,16)17/h3-8H,1-2H3,(H2,14,15). The first-order valence-corrected chi connectivity index (χ1v) is 8.64. The molecule has 6 heteroatoms. The molecule has 0 radical (unpaired) electrons. The molecule has 0 amide bonds. The number of rotatable bonds is 3. The molecule has 0 atom stereocenters. The highest BCUT2D eigenvalue weighted by molar-refractivity contribution is 7.98. The molecule has 0 fully saturated rings. The second-order valence-electron chi connectivity index (χ2n) is 4.08. The SMILES string of the molecule is CSc1ccc(N)nc1-c1ccc(S(C)(=O)=O)cc1. The third-order valence-electron chi connectivity index (χ3n) is 2.66. The number of benzene rings is 1. The van der Waals surface area contributed by atoms with E-state index in [1.165, 1.54) is 6.26 Å². The minimum absolute atomic E-state index is 0.297. The average molecular weight is 294 g/mol. The summed E-state index contributed by atoms with van der Waals surface area (Å²) in [5.41, 5.74) is 7.32. The maximum absolute atomic E-state index is 11.4. The van der Waals surface area contributed by atoms with Gasteiger partial charge in [0.15, 0.2) is 9.84 Å². The van der Waals surface area contributed by atoms with E-state index in [9.17, 15) is 8.42 Å². The molecule has 2 rings (SSSR count). The fraction of sp³-hybridized carbons (Fsp3) is 0.154. The van der Waals surface area contributed by atoms with Crippen LogP contribution in [0.3, 0.4) is 0 Å². The van der Waals surface area contributed by atoms with Gasteiger partial charge in [-0.3, -0.25) is 0 Å². The van der Waals surface area contributed by atoms with Crippen LogP contribution < -0.4 is 5.73 Å². The van der Waals surface area contributed by atoms with Crippen molar-refractivity contribution in [3.05, 3.63) is 36.4 Å². The van der Waals surface area contributed by atoms with Crippen LogP contribution in [-0.4, -0.2) is 25.9 Å². The fourth-order valence-electron chi connectivity index (χ4n) is 1.69. The summed E-state index contributed by atoms with van der Waals surface area (Å²) < 4.78 is 22.8. The number of hydrogen-bond acceptors (Lipinski definition) is 5. The minimum Gasteiger partial charge on any atom is -0.384 e. The Morgan fingerprint density at radius 2 is 1.74 bits per heavy atom. The molecule has 1 heterocycles. The Labute approximate surface area is 117 Å². The van der Waals surface area contributed by atoms with Crippen molar-refractivity contribution in [1.29, 1.82) is 0 Å². The van der Waals surface area contributed by atoms with Crippen LogP contribution in [0.4, 0.5) is 5.82 Å². The molecule has 0 aliphatic rings. The van der Waals surface area contributed by atoms with E-state index in [2.05, 4.69) is 4.98 Å². The maximum atomic E-state index is 11.4. The molecular weight excluding hydrogens is 280 g/mol. The van der Waals surface area contributed by atoms with Crippen molar-refractivity contribution in [1.82, 2.24) is 4.98 Å². The Balaban J connectivity index is 2.51. The van der Waals surface area contributed by atoms with Gasteiger partial charge in [0.1, 0.15) is 5.82 Å². The Morgan fingerprint density at radius 3 is 2.26 bits per heavy atom. The Hall–Kier alpha value is -1.53. The summed E-state index contributed by atoms with van der Waals surface area (Å²) in [5.74, 6) is 0.444. The van der Waals surface area contributed by atoms with Crippen LogP contribution in [0.15, 0.2) is 46.2 Å². The van der Waals surface area contributed by atoms with Gasteiger partial charge in [0, 0.05) is 16.7 Å². The molecule has 2 N–H and O–H groups in total. The van der Waals surface area contributed by atoms with E-state index in [-0.39, 0.29) is 0 Å². The van der Waals surface area contributed by atoms with Gasteiger partial charge in [-0.15, -0.1) is 11.8 Å². The minimum atomic E-state index is -3.18. The summed E-state index contributed by atoms with van der Waals surface area (Å²) in [6.45, 7) is 0. The molecule has 0 spiro atoms. The third-order valence-corrected chi connectivity index (χ3v) is 4.55. The first-order chi connectivity index (χ1) is 8.91. The zero-order chi connectivity index (χ0) is 14.0. The van der Waals surface area contributed by atoms with Crippen molar-refractivity contribution in [2.75, 3.05) is 18.2 Å². The van der Waals surface area contributed by atoms with Crippen molar-refractivity contribution in [3.8, 4) is 11.3 Å². The van der Waals surface area contributed by atoms with Crippen LogP contribution in [0.2, 0.25) is 0 Å². The zero-order valence-corrected chi connectivity index (χ0v) is 12.3. The van der Waals surface area contributed by atoms with Gasteiger partial charge in [-0.1, -0.05) is 12.1 Å². The lowest BCUT2D eigenvalue weighted by molar-refractivity contribution is 0.602. The largest absolute Gasteiger partial charge is 0.384 e. The summed E-state index contributed by atoms with van der Waals surface area (Å²) in [5, 5.41) is 0. The molecule has 1 aromatic heterocycles. The highest BCUT2D eigenvalue weighted by Crippen LogP contribution is 2.29. The molecular formula is C13H14N2O2S2. The van der Waals surface area contributed by atoms with E-state index in [1.54, 1.807) is 42.1 Å². The summed E-state index contributed by atoms with van der Waals surface area (Å²) in [6, 6.07) is 10.3. The first kappa shape index (κ1) is 13.9. The number of aromatic nitrogens is 1. The Kier molecular flexibility index (Phi) is 3.82. The molecule has 0 saturated heterocycles. The van der Waals surface area contributed by atoms with E-state index in [4.69, 9.17) is 5.73 Å². The highest BCUT2D eigenvalue weighted by atomic mass is 32.2. The van der Waals surface area contributed by atoms with E-state index in [0.29, 0.717) is 10.7 Å². The van der Waals surface area contributed by atoms with Gasteiger partial charge in [0.05, 0.1) is 10.6 Å². The summed E-state index contributed by atoms with van der Waals surface area (Å²) in [6.07, 6.45) is 3.15. The molecule has 0 aliphatic heterocycles. The van der Waals surface area contributed by atoms with Crippen LogP contribution >= 0.6 is 11.8 Å². The number of nitrogens with two attached hydrogens (primary N) is 1. The zero-order valence-electron chi connectivity index (χ0n) is 10.6. The number of hydrogen-bond donors (Lipinski definition) is 1. The summed E-state index contributed by atoms with van der Waals surface area (Å²) in [7, 11) is -3.18. The Bertz CT molecular complexity index is 695.